The molecule has 2 aromatic rings. The van der Waals surface area contributed by atoms with Gasteiger partial charge in [-0.15, -0.1) is 0 Å². The molecule has 0 saturated heterocycles. The summed E-state index contributed by atoms with van der Waals surface area (Å²) in [4.78, 5) is 15.8. The molecule has 3 rings (SSSR count). The monoisotopic (exact) mass is 247 g/mol. The number of hydrogen-bond acceptors (Lipinski definition) is 4. The van der Waals surface area contributed by atoms with E-state index in [1.807, 2.05) is 6.92 Å². The predicted octanol–water partition coefficient (Wildman–Crippen LogP) is 1.33. The second kappa shape index (κ2) is 4.44. The first-order chi connectivity index (χ1) is 8.74. The molecule has 2 aromatic heterocycles. The predicted molar refractivity (Wildman–Crippen MR) is 68.8 cm³/mol. The zero-order valence-electron chi connectivity index (χ0n) is 10.4. The molecule has 18 heavy (non-hydrogen) atoms. The molecule has 6 heteroatoms. The Morgan fingerprint density at radius 3 is 3.06 bits per heavy atom. The van der Waals surface area contributed by atoms with E-state index in [2.05, 4.69) is 20.5 Å². The lowest BCUT2D eigenvalue weighted by Crippen LogP contribution is -2.16. The van der Waals surface area contributed by atoms with Crippen molar-refractivity contribution in [3.05, 3.63) is 22.4 Å². The molecule has 0 spiro atoms. The van der Waals surface area contributed by atoms with Gasteiger partial charge in [-0.3, -0.25) is 0 Å². The van der Waals surface area contributed by atoms with Crippen molar-refractivity contribution in [1.29, 1.82) is 0 Å². The summed E-state index contributed by atoms with van der Waals surface area (Å²) in [5.41, 5.74) is 0.374. The van der Waals surface area contributed by atoms with Crippen LogP contribution in [0.4, 0.5) is 5.82 Å². The number of hydrogen-bond donors (Lipinski definition) is 2. The first-order valence-electron chi connectivity index (χ1n) is 6.43. The summed E-state index contributed by atoms with van der Waals surface area (Å²) in [5.74, 6) is 2.20. The molecular weight excluding hydrogens is 230 g/mol. The average molecular weight is 247 g/mol. The first kappa shape index (κ1) is 11.3. The van der Waals surface area contributed by atoms with Crippen molar-refractivity contribution in [1.82, 2.24) is 19.6 Å². The molecule has 0 aliphatic heterocycles. The van der Waals surface area contributed by atoms with Crippen LogP contribution in [0.3, 0.4) is 0 Å². The quantitative estimate of drug-likeness (QED) is 0.858. The zero-order chi connectivity index (χ0) is 12.5. The van der Waals surface area contributed by atoms with Crippen LogP contribution < -0.4 is 11.0 Å². The molecule has 0 radical (unpaired) electrons. The second-order valence-corrected chi connectivity index (χ2v) is 4.94. The number of anilines is 1. The van der Waals surface area contributed by atoms with Crippen molar-refractivity contribution in [2.45, 2.75) is 32.6 Å². The van der Waals surface area contributed by atoms with Crippen molar-refractivity contribution < 1.29 is 0 Å². The fourth-order valence-corrected chi connectivity index (χ4v) is 2.65. The van der Waals surface area contributed by atoms with Crippen LogP contribution in [0.1, 0.15) is 31.5 Å². The maximum atomic E-state index is 11.5. The molecule has 2 N–H and O–H groups in total. The zero-order valence-corrected chi connectivity index (χ0v) is 10.4. The molecule has 0 unspecified atom stereocenters. The Kier molecular flexibility index (Phi) is 2.77. The van der Waals surface area contributed by atoms with Gasteiger partial charge in [0, 0.05) is 12.6 Å². The third-order valence-electron chi connectivity index (χ3n) is 3.62. The van der Waals surface area contributed by atoms with Crippen molar-refractivity contribution in [2.75, 3.05) is 11.9 Å². The van der Waals surface area contributed by atoms with Crippen molar-refractivity contribution in [3.8, 4) is 0 Å². The number of nitrogens with zero attached hydrogens (tertiary/aromatic N) is 3. The number of rotatable bonds is 3. The Hall–Kier alpha value is -1.85. The molecule has 96 valence electrons. The molecule has 0 bridgehead atoms. The molecule has 2 heterocycles. The standard InChI is InChI=1S/C12H17N5O/c1-8-14-10(13-7-9-4-2-3-5-9)6-11-15-16-12(18)17(8)11/h6,9,13H,2-5,7H2,1H3,(H,16,18). The first-order valence-corrected chi connectivity index (χ1v) is 6.43. The van der Waals surface area contributed by atoms with Crippen LogP contribution >= 0.6 is 0 Å². The van der Waals surface area contributed by atoms with E-state index in [4.69, 9.17) is 0 Å². The maximum absolute atomic E-state index is 11.5. The van der Waals surface area contributed by atoms with Gasteiger partial charge < -0.3 is 5.32 Å². The minimum atomic E-state index is -0.239. The van der Waals surface area contributed by atoms with Crippen LogP contribution in [-0.2, 0) is 0 Å². The fraction of sp³-hybridized carbons (Fsp3) is 0.583. The molecular formula is C12H17N5O. The molecule has 1 aliphatic carbocycles. The molecule has 1 fully saturated rings. The Labute approximate surface area is 104 Å². The molecule has 0 amide bonds. The van der Waals surface area contributed by atoms with Gasteiger partial charge in [-0.2, -0.15) is 5.10 Å². The number of fused-ring (bicyclic) bond motifs is 1. The van der Waals surface area contributed by atoms with Gasteiger partial charge in [-0.25, -0.2) is 19.3 Å². The number of aryl methyl sites for hydroxylation is 1. The molecule has 1 saturated carbocycles. The Balaban J connectivity index is 1.81. The topological polar surface area (TPSA) is 75.1 Å². The van der Waals surface area contributed by atoms with Gasteiger partial charge in [-0.05, 0) is 25.7 Å². The summed E-state index contributed by atoms with van der Waals surface area (Å²) in [6.45, 7) is 2.77. The normalized spacial score (nSPS) is 16.5. The highest BCUT2D eigenvalue weighted by molar-refractivity contribution is 5.49. The minimum Gasteiger partial charge on any atom is -0.370 e. The number of H-pyrrole nitrogens is 1. The highest BCUT2D eigenvalue weighted by atomic mass is 16.1. The number of aromatic amines is 1. The van der Waals surface area contributed by atoms with Gasteiger partial charge in [0.2, 0.25) is 0 Å². The average Bonchev–Trinajstić information content (AvgIpc) is 2.97. The molecule has 0 atom stereocenters. The van der Waals surface area contributed by atoms with E-state index >= 15 is 0 Å². The molecule has 0 aromatic carbocycles. The number of aromatic nitrogens is 4. The van der Waals surface area contributed by atoms with Gasteiger partial charge in [0.25, 0.3) is 0 Å². The van der Waals surface area contributed by atoms with Crippen LogP contribution in [-0.4, -0.2) is 26.1 Å². The van der Waals surface area contributed by atoms with E-state index in [9.17, 15) is 4.79 Å². The summed E-state index contributed by atoms with van der Waals surface area (Å²) in [5, 5.41) is 9.74. The lowest BCUT2D eigenvalue weighted by Gasteiger charge is -2.11. The highest BCUT2D eigenvalue weighted by Crippen LogP contribution is 2.24. The summed E-state index contributed by atoms with van der Waals surface area (Å²) < 4.78 is 1.47. The van der Waals surface area contributed by atoms with Gasteiger partial charge in [0.1, 0.15) is 11.6 Å². The van der Waals surface area contributed by atoms with Gasteiger partial charge in [-0.1, -0.05) is 12.8 Å². The van der Waals surface area contributed by atoms with E-state index in [0.717, 1.165) is 18.3 Å². The summed E-state index contributed by atoms with van der Waals surface area (Å²) in [6, 6.07) is 1.81. The van der Waals surface area contributed by atoms with Crippen LogP contribution in [0.25, 0.3) is 5.65 Å². The summed E-state index contributed by atoms with van der Waals surface area (Å²) in [6.07, 6.45) is 5.28. The second-order valence-electron chi connectivity index (χ2n) is 4.94. The minimum absolute atomic E-state index is 0.239. The van der Waals surface area contributed by atoms with Crippen LogP contribution in [0.15, 0.2) is 10.9 Å². The molecule has 1 aliphatic rings. The lowest BCUT2D eigenvalue weighted by molar-refractivity contribution is 0.578. The maximum Gasteiger partial charge on any atom is 0.349 e. The SMILES string of the molecule is Cc1nc(NCC2CCCC2)cc2n[nH]c(=O)n12. The van der Waals surface area contributed by atoms with Crippen LogP contribution in [0, 0.1) is 12.8 Å². The van der Waals surface area contributed by atoms with Crippen LogP contribution in [0.5, 0.6) is 0 Å². The van der Waals surface area contributed by atoms with Crippen LogP contribution in [0.2, 0.25) is 0 Å². The van der Waals surface area contributed by atoms with Gasteiger partial charge >= 0.3 is 5.69 Å². The Morgan fingerprint density at radius 1 is 1.50 bits per heavy atom. The third-order valence-corrected chi connectivity index (χ3v) is 3.62. The van der Waals surface area contributed by atoms with Crippen molar-refractivity contribution >= 4 is 11.5 Å². The largest absolute Gasteiger partial charge is 0.370 e. The summed E-state index contributed by atoms with van der Waals surface area (Å²) in [7, 11) is 0. The number of nitrogens with one attached hydrogen (secondary N) is 2. The van der Waals surface area contributed by atoms with Gasteiger partial charge in [0.15, 0.2) is 5.65 Å². The Morgan fingerprint density at radius 2 is 2.28 bits per heavy atom. The lowest BCUT2D eigenvalue weighted by atomic mass is 10.1. The summed E-state index contributed by atoms with van der Waals surface area (Å²) >= 11 is 0. The van der Waals surface area contributed by atoms with E-state index in [1.165, 1.54) is 30.1 Å². The van der Waals surface area contributed by atoms with E-state index in [-0.39, 0.29) is 5.69 Å². The van der Waals surface area contributed by atoms with E-state index in [0.29, 0.717) is 11.5 Å². The Bertz CT molecular complexity index is 608. The fourth-order valence-electron chi connectivity index (χ4n) is 2.65. The van der Waals surface area contributed by atoms with Crippen molar-refractivity contribution in [2.24, 2.45) is 5.92 Å². The van der Waals surface area contributed by atoms with Gasteiger partial charge in [0.05, 0.1) is 0 Å². The highest BCUT2D eigenvalue weighted by Gasteiger charge is 2.15. The van der Waals surface area contributed by atoms with E-state index < -0.39 is 0 Å². The third kappa shape index (κ3) is 1.98. The smallest absolute Gasteiger partial charge is 0.349 e. The molecule has 6 nitrogen and oxygen atoms in total. The van der Waals surface area contributed by atoms with E-state index in [1.54, 1.807) is 6.07 Å². The van der Waals surface area contributed by atoms with Crippen molar-refractivity contribution in [3.63, 3.8) is 0 Å².